The number of nitrogens with one attached hydrogen (secondary N) is 1. The van der Waals surface area contributed by atoms with Gasteiger partial charge in [-0.25, -0.2) is 9.37 Å². The van der Waals surface area contributed by atoms with Gasteiger partial charge in [0.05, 0.1) is 11.3 Å². The topological polar surface area (TPSA) is 65.8 Å². The first kappa shape index (κ1) is 13.2. The predicted molar refractivity (Wildman–Crippen MR) is 71.0 cm³/mol. The molecular formula is C13H7BrFN3O. The second-order valence-corrected chi connectivity index (χ2v) is 4.41. The van der Waals surface area contributed by atoms with Gasteiger partial charge in [-0.2, -0.15) is 5.26 Å². The SMILES string of the molecule is N#Cc1cc(F)ccc1NC(=O)c1cccc(Br)n1. The van der Waals surface area contributed by atoms with E-state index in [1.807, 2.05) is 6.07 Å². The summed E-state index contributed by atoms with van der Waals surface area (Å²) in [4.78, 5) is 15.9. The van der Waals surface area contributed by atoms with Gasteiger partial charge >= 0.3 is 0 Å². The second kappa shape index (κ2) is 5.59. The molecule has 0 aliphatic carbocycles. The van der Waals surface area contributed by atoms with Gasteiger partial charge in [0.15, 0.2) is 0 Å². The summed E-state index contributed by atoms with van der Waals surface area (Å²) < 4.78 is 13.5. The van der Waals surface area contributed by atoms with Crippen molar-refractivity contribution in [3.63, 3.8) is 0 Å². The van der Waals surface area contributed by atoms with E-state index in [0.29, 0.717) is 4.60 Å². The van der Waals surface area contributed by atoms with E-state index < -0.39 is 11.7 Å². The first-order chi connectivity index (χ1) is 9.10. The Hall–Kier alpha value is -2.26. The fourth-order valence-electron chi connectivity index (χ4n) is 1.44. The molecule has 1 aromatic heterocycles. The molecule has 0 unspecified atom stereocenters. The van der Waals surface area contributed by atoms with Gasteiger partial charge in [0.1, 0.15) is 22.2 Å². The van der Waals surface area contributed by atoms with Gasteiger partial charge in [-0.15, -0.1) is 0 Å². The minimum absolute atomic E-state index is 0.0587. The highest BCUT2D eigenvalue weighted by Crippen LogP contribution is 2.17. The smallest absolute Gasteiger partial charge is 0.274 e. The molecule has 1 heterocycles. The number of pyridine rings is 1. The molecule has 1 amide bonds. The first-order valence-electron chi connectivity index (χ1n) is 5.23. The van der Waals surface area contributed by atoms with Crippen LogP contribution < -0.4 is 5.32 Å². The summed E-state index contributed by atoms with van der Waals surface area (Å²) in [5.41, 5.74) is 0.501. The van der Waals surface area contributed by atoms with Crippen molar-refractivity contribution in [1.82, 2.24) is 4.98 Å². The molecule has 19 heavy (non-hydrogen) atoms. The van der Waals surface area contributed by atoms with Gasteiger partial charge in [0.2, 0.25) is 0 Å². The van der Waals surface area contributed by atoms with Crippen molar-refractivity contribution in [3.8, 4) is 6.07 Å². The Kier molecular flexibility index (Phi) is 3.88. The summed E-state index contributed by atoms with van der Waals surface area (Å²) in [5.74, 6) is -1.00. The molecule has 1 N–H and O–H groups in total. The van der Waals surface area contributed by atoms with Crippen LogP contribution in [-0.4, -0.2) is 10.9 Å². The normalized spacial score (nSPS) is 9.74. The zero-order valence-corrected chi connectivity index (χ0v) is 11.1. The van der Waals surface area contributed by atoms with Gasteiger partial charge in [-0.05, 0) is 46.3 Å². The molecule has 0 aliphatic rings. The highest BCUT2D eigenvalue weighted by Gasteiger charge is 2.11. The average Bonchev–Trinajstić information content (AvgIpc) is 2.40. The lowest BCUT2D eigenvalue weighted by atomic mass is 10.2. The van der Waals surface area contributed by atoms with Crippen LogP contribution in [-0.2, 0) is 0 Å². The van der Waals surface area contributed by atoms with Gasteiger partial charge in [-0.3, -0.25) is 4.79 Å². The number of halogens is 2. The zero-order valence-electron chi connectivity index (χ0n) is 9.52. The summed E-state index contributed by atoms with van der Waals surface area (Å²) in [5, 5.41) is 11.4. The standard InChI is InChI=1S/C13H7BrFN3O/c14-12-3-1-2-11(17-12)13(19)18-10-5-4-9(15)6-8(10)7-16/h1-6H,(H,18,19). The molecule has 0 aliphatic heterocycles. The molecule has 2 aromatic rings. The Morgan fingerprint density at radius 3 is 2.84 bits per heavy atom. The highest BCUT2D eigenvalue weighted by atomic mass is 79.9. The number of anilines is 1. The van der Waals surface area contributed by atoms with Gasteiger partial charge in [0, 0.05) is 0 Å². The predicted octanol–water partition coefficient (Wildman–Crippen LogP) is 3.11. The minimum atomic E-state index is -0.532. The molecule has 4 nitrogen and oxygen atoms in total. The van der Waals surface area contributed by atoms with Crippen LogP contribution in [0.15, 0.2) is 41.0 Å². The molecule has 1 aromatic carbocycles. The molecule has 94 valence electrons. The number of benzene rings is 1. The third-order valence-electron chi connectivity index (χ3n) is 2.30. The molecule has 6 heteroatoms. The quantitative estimate of drug-likeness (QED) is 0.865. The Morgan fingerprint density at radius 1 is 1.37 bits per heavy atom. The Labute approximate surface area is 117 Å². The van der Waals surface area contributed by atoms with Crippen LogP contribution in [0, 0.1) is 17.1 Å². The number of carbonyl (C=O) groups excluding carboxylic acids is 1. The van der Waals surface area contributed by atoms with Crippen molar-refractivity contribution in [3.05, 3.63) is 58.1 Å². The number of amides is 1. The average molecular weight is 320 g/mol. The number of hydrogen-bond donors (Lipinski definition) is 1. The van der Waals surface area contributed by atoms with Gasteiger partial charge in [0.25, 0.3) is 5.91 Å². The lowest BCUT2D eigenvalue weighted by Gasteiger charge is -2.06. The third kappa shape index (κ3) is 3.14. The van der Waals surface area contributed by atoms with E-state index >= 15 is 0 Å². The second-order valence-electron chi connectivity index (χ2n) is 3.60. The number of rotatable bonds is 2. The molecule has 0 atom stereocenters. The summed E-state index contributed by atoms with van der Waals surface area (Å²) in [7, 11) is 0. The molecule has 0 saturated carbocycles. The third-order valence-corrected chi connectivity index (χ3v) is 2.74. The van der Waals surface area contributed by atoms with E-state index in [0.717, 1.165) is 6.07 Å². The van der Waals surface area contributed by atoms with Crippen molar-refractivity contribution in [2.45, 2.75) is 0 Å². The van der Waals surface area contributed by atoms with E-state index in [9.17, 15) is 9.18 Å². The van der Waals surface area contributed by atoms with Crippen molar-refractivity contribution in [1.29, 1.82) is 5.26 Å². The summed E-state index contributed by atoms with van der Waals surface area (Å²) >= 11 is 3.16. The Bertz CT molecular complexity index is 682. The van der Waals surface area contributed by atoms with E-state index in [1.165, 1.54) is 18.2 Å². The molecule has 0 radical (unpaired) electrons. The molecule has 0 bridgehead atoms. The number of carbonyl (C=O) groups is 1. The zero-order chi connectivity index (χ0) is 13.8. The molecule has 0 saturated heterocycles. The number of hydrogen-bond acceptors (Lipinski definition) is 3. The number of nitrogens with zero attached hydrogens (tertiary/aromatic N) is 2. The Balaban J connectivity index is 2.27. The number of nitriles is 1. The summed E-state index contributed by atoms with van der Waals surface area (Å²) in [6.45, 7) is 0. The van der Waals surface area contributed by atoms with Crippen LogP contribution in [0.1, 0.15) is 16.1 Å². The van der Waals surface area contributed by atoms with Crippen molar-refractivity contribution in [2.24, 2.45) is 0 Å². The monoisotopic (exact) mass is 319 g/mol. The summed E-state index contributed by atoms with van der Waals surface area (Å²) in [6, 6.07) is 10.3. The van der Waals surface area contributed by atoms with Crippen LogP contribution in [0.4, 0.5) is 10.1 Å². The van der Waals surface area contributed by atoms with Crippen molar-refractivity contribution in [2.75, 3.05) is 5.32 Å². The molecule has 0 fully saturated rings. The van der Waals surface area contributed by atoms with E-state index in [2.05, 4.69) is 26.2 Å². The van der Waals surface area contributed by atoms with Gasteiger partial charge < -0.3 is 5.32 Å². The van der Waals surface area contributed by atoms with Gasteiger partial charge in [-0.1, -0.05) is 6.07 Å². The maximum atomic E-state index is 13.0. The van der Waals surface area contributed by atoms with Crippen LogP contribution in [0.3, 0.4) is 0 Å². The van der Waals surface area contributed by atoms with Crippen molar-refractivity contribution < 1.29 is 9.18 Å². The van der Waals surface area contributed by atoms with Crippen molar-refractivity contribution >= 4 is 27.5 Å². The van der Waals surface area contributed by atoms with E-state index in [4.69, 9.17) is 5.26 Å². The Morgan fingerprint density at radius 2 is 2.16 bits per heavy atom. The fourth-order valence-corrected chi connectivity index (χ4v) is 1.78. The molecule has 2 rings (SSSR count). The largest absolute Gasteiger partial charge is 0.319 e. The highest BCUT2D eigenvalue weighted by molar-refractivity contribution is 9.10. The fraction of sp³-hybridized carbons (Fsp3) is 0. The number of aromatic nitrogens is 1. The first-order valence-corrected chi connectivity index (χ1v) is 6.03. The van der Waals surface area contributed by atoms with Crippen LogP contribution in [0.25, 0.3) is 0 Å². The maximum absolute atomic E-state index is 13.0. The van der Waals surface area contributed by atoms with E-state index in [1.54, 1.807) is 12.1 Å². The molecule has 0 spiro atoms. The lowest BCUT2D eigenvalue weighted by molar-refractivity contribution is 0.102. The molecular weight excluding hydrogens is 313 g/mol. The van der Waals surface area contributed by atoms with Crippen LogP contribution in [0.2, 0.25) is 0 Å². The van der Waals surface area contributed by atoms with Crippen LogP contribution >= 0.6 is 15.9 Å². The van der Waals surface area contributed by atoms with E-state index in [-0.39, 0.29) is 16.9 Å². The lowest BCUT2D eigenvalue weighted by Crippen LogP contribution is -2.14. The minimum Gasteiger partial charge on any atom is -0.319 e. The maximum Gasteiger partial charge on any atom is 0.274 e. The summed E-state index contributed by atoms with van der Waals surface area (Å²) in [6.07, 6.45) is 0. The van der Waals surface area contributed by atoms with Crippen LogP contribution in [0.5, 0.6) is 0 Å².